The van der Waals surface area contributed by atoms with Crippen molar-refractivity contribution in [2.24, 2.45) is 0 Å². The van der Waals surface area contributed by atoms with E-state index in [0.29, 0.717) is 5.69 Å². The van der Waals surface area contributed by atoms with Crippen LogP contribution < -0.4 is 10.9 Å². The lowest BCUT2D eigenvalue weighted by Crippen LogP contribution is -2.63. The number of aliphatic hydroxyl groups excluding tert-OH is 4. The lowest BCUT2D eigenvalue weighted by atomic mass is 9.99. The van der Waals surface area contributed by atoms with Crippen LogP contribution in [0.1, 0.15) is 0 Å². The zero-order valence-corrected chi connectivity index (χ0v) is 11.4. The first-order chi connectivity index (χ1) is 10.4. The van der Waals surface area contributed by atoms with Crippen molar-refractivity contribution in [3.05, 3.63) is 34.4 Å². The van der Waals surface area contributed by atoms with Gasteiger partial charge in [0, 0.05) is 17.8 Å². The molecule has 0 saturated carbocycles. The first kappa shape index (κ1) is 16.5. The molecule has 1 aliphatic heterocycles. The molecule has 0 unspecified atom stereocenters. The van der Waals surface area contributed by atoms with Gasteiger partial charge >= 0.3 is 0 Å². The van der Waals surface area contributed by atoms with E-state index in [-0.39, 0.29) is 5.69 Å². The Morgan fingerprint density at radius 2 is 1.77 bits per heavy atom. The maximum atomic E-state index is 10.5. The number of non-ortho nitro benzene ring substituents is 1. The molecule has 0 aliphatic carbocycles. The number of aliphatic hydroxyl groups is 4. The quantitative estimate of drug-likeness (QED) is 0.275. The van der Waals surface area contributed by atoms with Crippen LogP contribution in [0.2, 0.25) is 0 Å². The summed E-state index contributed by atoms with van der Waals surface area (Å²) in [5.41, 5.74) is 5.63. The summed E-state index contributed by atoms with van der Waals surface area (Å²) in [4.78, 5) is 10.0. The number of benzene rings is 1. The molecule has 5 atom stereocenters. The van der Waals surface area contributed by atoms with Crippen LogP contribution in [0, 0.1) is 10.1 Å². The number of anilines is 1. The Morgan fingerprint density at radius 1 is 1.14 bits per heavy atom. The molecule has 1 aromatic rings. The van der Waals surface area contributed by atoms with Crippen molar-refractivity contribution in [2.75, 3.05) is 12.0 Å². The van der Waals surface area contributed by atoms with Gasteiger partial charge in [0.1, 0.15) is 24.4 Å². The summed E-state index contributed by atoms with van der Waals surface area (Å²) in [6.07, 6.45) is -6.46. The van der Waals surface area contributed by atoms with Crippen LogP contribution in [-0.4, -0.2) is 62.6 Å². The molecule has 1 aromatic carbocycles. The molecule has 0 bridgehead atoms. The summed E-state index contributed by atoms with van der Waals surface area (Å²) < 4.78 is 5.22. The lowest BCUT2D eigenvalue weighted by molar-refractivity contribution is -0.384. The Balaban J connectivity index is 1.96. The average molecular weight is 315 g/mol. The molecule has 0 aromatic heterocycles. The minimum Gasteiger partial charge on any atom is -0.394 e. The average Bonchev–Trinajstić information content (AvgIpc) is 2.52. The molecule has 0 radical (unpaired) electrons. The normalized spacial score (nSPS) is 31.7. The summed E-state index contributed by atoms with van der Waals surface area (Å²) >= 11 is 0. The Morgan fingerprint density at radius 3 is 2.32 bits per heavy atom. The van der Waals surface area contributed by atoms with Crippen molar-refractivity contribution in [1.82, 2.24) is 5.43 Å². The smallest absolute Gasteiger partial charge is 0.269 e. The summed E-state index contributed by atoms with van der Waals surface area (Å²) in [5, 5.41) is 48.7. The fraction of sp³-hybridized carbons (Fsp3) is 0.500. The van der Waals surface area contributed by atoms with Gasteiger partial charge in [-0.15, -0.1) is 0 Å². The largest absolute Gasteiger partial charge is 0.394 e. The number of ether oxygens (including phenoxy) is 1. The highest BCUT2D eigenvalue weighted by atomic mass is 16.6. The van der Waals surface area contributed by atoms with Gasteiger partial charge in [-0.1, -0.05) is 0 Å². The molecule has 10 nitrogen and oxygen atoms in total. The number of hydrogen-bond acceptors (Lipinski definition) is 9. The summed E-state index contributed by atoms with van der Waals surface area (Å²) in [6.45, 7) is -0.527. The second kappa shape index (κ2) is 6.96. The first-order valence-electron chi connectivity index (χ1n) is 6.50. The highest BCUT2D eigenvalue weighted by Gasteiger charge is 2.43. The Labute approximate surface area is 125 Å². The maximum absolute atomic E-state index is 10.5. The third-order valence-corrected chi connectivity index (χ3v) is 3.33. The molecule has 1 fully saturated rings. The molecule has 0 spiro atoms. The van der Waals surface area contributed by atoms with Gasteiger partial charge in [0.25, 0.3) is 5.69 Å². The Bertz CT molecular complexity index is 510. The molecule has 122 valence electrons. The van der Waals surface area contributed by atoms with Gasteiger partial charge in [0.2, 0.25) is 0 Å². The molecule has 2 rings (SSSR count). The summed E-state index contributed by atoms with van der Waals surface area (Å²) in [5.74, 6) is 0. The van der Waals surface area contributed by atoms with E-state index in [1.54, 1.807) is 0 Å². The zero-order chi connectivity index (χ0) is 16.3. The van der Waals surface area contributed by atoms with Crippen LogP contribution in [0.15, 0.2) is 24.3 Å². The molecule has 0 amide bonds. The van der Waals surface area contributed by atoms with E-state index in [9.17, 15) is 25.4 Å². The topological polar surface area (TPSA) is 157 Å². The van der Waals surface area contributed by atoms with Crippen LogP contribution in [0.4, 0.5) is 11.4 Å². The lowest BCUT2D eigenvalue weighted by Gasteiger charge is -2.40. The fourth-order valence-electron chi connectivity index (χ4n) is 2.04. The SMILES string of the molecule is O=[N+]([O-])c1ccc(NN[C@@H]2O[C@H](CO)[C@@H](O)[C@H](O)[C@H]2O)cc1. The summed E-state index contributed by atoms with van der Waals surface area (Å²) in [7, 11) is 0. The molecule has 6 N–H and O–H groups in total. The van der Waals surface area contributed by atoms with Gasteiger partial charge in [-0.05, 0) is 12.1 Å². The van der Waals surface area contributed by atoms with Crippen LogP contribution >= 0.6 is 0 Å². The van der Waals surface area contributed by atoms with Crippen molar-refractivity contribution in [1.29, 1.82) is 0 Å². The Hall–Kier alpha value is -1.82. The zero-order valence-electron chi connectivity index (χ0n) is 11.4. The van der Waals surface area contributed by atoms with Crippen molar-refractivity contribution in [2.45, 2.75) is 30.6 Å². The van der Waals surface area contributed by atoms with E-state index >= 15 is 0 Å². The molecule has 1 heterocycles. The first-order valence-corrected chi connectivity index (χ1v) is 6.50. The molecule has 1 saturated heterocycles. The third kappa shape index (κ3) is 3.50. The van der Waals surface area contributed by atoms with Crippen LogP contribution in [-0.2, 0) is 4.74 Å². The van der Waals surface area contributed by atoms with E-state index in [2.05, 4.69) is 10.9 Å². The van der Waals surface area contributed by atoms with E-state index in [0.717, 1.165) is 0 Å². The van der Waals surface area contributed by atoms with E-state index in [4.69, 9.17) is 9.84 Å². The van der Waals surface area contributed by atoms with Gasteiger partial charge in [0.05, 0.1) is 11.5 Å². The highest BCUT2D eigenvalue weighted by molar-refractivity contribution is 5.47. The highest BCUT2D eigenvalue weighted by Crippen LogP contribution is 2.20. The summed E-state index contributed by atoms with van der Waals surface area (Å²) in [6, 6.07) is 5.46. The Kier molecular flexibility index (Phi) is 5.24. The number of nitrogens with zero attached hydrogens (tertiary/aromatic N) is 1. The van der Waals surface area contributed by atoms with E-state index < -0.39 is 42.2 Å². The van der Waals surface area contributed by atoms with Crippen molar-refractivity contribution >= 4 is 11.4 Å². The van der Waals surface area contributed by atoms with Crippen molar-refractivity contribution in [3.8, 4) is 0 Å². The monoisotopic (exact) mass is 315 g/mol. The molecular weight excluding hydrogens is 298 g/mol. The predicted octanol–water partition coefficient (Wildman–Crippen LogP) is -1.69. The number of hydrazine groups is 1. The predicted molar refractivity (Wildman–Crippen MR) is 73.6 cm³/mol. The number of nitro benzene ring substituents is 1. The van der Waals surface area contributed by atoms with Crippen LogP contribution in [0.3, 0.4) is 0 Å². The van der Waals surface area contributed by atoms with Gasteiger partial charge in [-0.25, -0.2) is 5.43 Å². The second-order valence-corrected chi connectivity index (χ2v) is 4.82. The van der Waals surface area contributed by atoms with Crippen LogP contribution in [0.5, 0.6) is 0 Å². The molecule has 1 aliphatic rings. The van der Waals surface area contributed by atoms with Crippen molar-refractivity contribution < 1.29 is 30.1 Å². The van der Waals surface area contributed by atoms with Crippen molar-refractivity contribution in [3.63, 3.8) is 0 Å². The molecule has 10 heteroatoms. The number of nitro groups is 1. The number of rotatable bonds is 5. The van der Waals surface area contributed by atoms with Crippen LogP contribution in [0.25, 0.3) is 0 Å². The van der Waals surface area contributed by atoms with E-state index in [1.165, 1.54) is 24.3 Å². The van der Waals surface area contributed by atoms with E-state index in [1.807, 2.05) is 0 Å². The molecule has 22 heavy (non-hydrogen) atoms. The second-order valence-electron chi connectivity index (χ2n) is 4.82. The number of nitrogens with one attached hydrogen (secondary N) is 2. The van der Waals surface area contributed by atoms with Gasteiger partial charge < -0.3 is 30.6 Å². The fourth-order valence-corrected chi connectivity index (χ4v) is 2.04. The van der Waals surface area contributed by atoms with Gasteiger partial charge in [0.15, 0.2) is 6.23 Å². The minimum absolute atomic E-state index is 0.0709. The minimum atomic E-state index is -1.48. The maximum Gasteiger partial charge on any atom is 0.269 e. The number of hydrogen-bond donors (Lipinski definition) is 6. The molecular formula is C12H17N3O7. The van der Waals surface area contributed by atoms with Gasteiger partial charge in [-0.3, -0.25) is 10.1 Å². The van der Waals surface area contributed by atoms with Gasteiger partial charge in [-0.2, -0.15) is 0 Å². The third-order valence-electron chi connectivity index (χ3n) is 3.33. The standard InChI is InChI=1S/C12H17N3O7/c16-5-8-9(17)10(18)11(19)12(22-8)14-13-6-1-3-7(4-2-6)15(20)21/h1-4,8-14,16-19H,5H2/t8-,9-,10+,11-,12-/m1/s1.